The van der Waals surface area contributed by atoms with E-state index in [0.29, 0.717) is 35.0 Å². The van der Waals surface area contributed by atoms with Crippen molar-refractivity contribution in [1.82, 2.24) is 29.6 Å². The van der Waals surface area contributed by atoms with Gasteiger partial charge < -0.3 is 15.5 Å². The number of carbonyl (C=O) groups excluding carboxylic acids is 1. The third-order valence-corrected chi connectivity index (χ3v) is 5.66. The fourth-order valence-corrected chi connectivity index (χ4v) is 3.79. The van der Waals surface area contributed by atoms with Crippen molar-refractivity contribution in [3.8, 4) is 11.7 Å². The number of likely N-dealkylation sites (N-methyl/N-ethyl adjacent to an activating group) is 1. The van der Waals surface area contributed by atoms with E-state index in [1.54, 1.807) is 47.8 Å². The molecule has 2 heterocycles. The summed E-state index contributed by atoms with van der Waals surface area (Å²) in [6.07, 6.45) is 0. The normalized spacial score (nSPS) is 12.0. The lowest BCUT2D eigenvalue weighted by atomic mass is 10.3. The number of benzene rings is 1. The number of aromatic nitrogens is 5. The van der Waals surface area contributed by atoms with Crippen molar-refractivity contribution >= 4 is 29.3 Å². The maximum Gasteiger partial charge on any atom is 0.271 e. The van der Waals surface area contributed by atoms with Crippen LogP contribution in [0.4, 0.5) is 0 Å². The molecule has 1 atom stereocenters. The van der Waals surface area contributed by atoms with Crippen LogP contribution in [0.1, 0.15) is 18.3 Å². The number of rotatable bonds is 8. The van der Waals surface area contributed by atoms with Crippen LogP contribution >= 0.6 is 23.4 Å². The highest BCUT2D eigenvalue weighted by molar-refractivity contribution is 8.00. The molecule has 1 amide bonds. The highest BCUT2D eigenvalue weighted by Crippen LogP contribution is 2.23. The van der Waals surface area contributed by atoms with Gasteiger partial charge in [-0.3, -0.25) is 4.79 Å². The van der Waals surface area contributed by atoms with Gasteiger partial charge in [-0.2, -0.15) is 5.10 Å². The van der Waals surface area contributed by atoms with E-state index < -0.39 is 5.25 Å². The van der Waals surface area contributed by atoms with Gasteiger partial charge in [0.15, 0.2) is 0 Å². The number of amides is 1. The maximum atomic E-state index is 12.7. The third-order valence-electron chi connectivity index (χ3n) is 4.36. The largest absolute Gasteiger partial charge is 0.492 e. The molecule has 30 heavy (non-hydrogen) atoms. The maximum absolute atomic E-state index is 12.7. The monoisotopic (exact) mass is 449 g/mol. The Labute approximate surface area is 184 Å². The molecule has 2 aromatic heterocycles. The number of halogens is 1. The van der Waals surface area contributed by atoms with E-state index in [1.165, 1.54) is 16.4 Å². The molecule has 0 aliphatic rings. The second-order valence-corrected chi connectivity index (χ2v) is 8.56. The van der Waals surface area contributed by atoms with E-state index in [0.717, 1.165) is 11.4 Å². The zero-order chi connectivity index (χ0) is 21.8. The lowest BCUT2D eigenvalue weighted by Crippen LogP contribution is -2.36. The predicted molar refractivity (Wildman–Crippen MR) is 117 cm³/mol. The van der Waals surface area contributed by atoms with Crippen molar-refractivity contribution in [3.63, 3.8) is 0 Å². The van der Waals surface area contributed by atoms with Crippen molar-refractivity contribution in [2.45, 2.75) is 31.2 Å². The van der Waals surface area contributed by atoms with E-state index in [-0.39, 0.29) is 5.91 Å². The van der Waals surface area contributed by atoms with Gasteiger partial charge in [-0.25, -0.2) is 9.36 Å². The van der Waals surface area contributed by atoms with Gasteiger partial charge in [-0.05, 0) is 51.1 Å². The molecular formula is C19H24ClN7O2S. The van der Waals surface area contributed by atoms with Crippen LogP contribution in [0.2, 0.25) is 5.02 Å². The molecule has 9 nitrogen and oxygen atoms in total. The highest BCUT2D eigenvalue weighted by Gasteiger charge is 2.23. The molecule has 0 radical (unpaired) electrons. The van der Waals surface area contributed by atoms with Crippen LogP contribution in [-0.4, -0.2) is 60.9 Å². The number of nitrogens with two attached hydrogens (primary N) is 1. The summed E-state index contributed by atoms with van der Waals surface area (Å²) in [6.45, 7) is 6.43. The number of hydrogen-bond acceptors (Lipinski definition) is 7. The fraction of sp³-hybridized carbons (Fsp3) is 0.368. The molecular weight excluding hydrogens is 426 g/mol. The van der Waals surface area contributed by atoms with Crippen LogP contribution in [0.3, 0.4) is 0 Å². The van der Waals surface area contributed by atoms with Crippen LogP contribution in [0, 0.1) is 13.8 Å². The summed E-state index contributed by atoms with van der Waals surface area (Å²) in [5.74, 6) is 7.19. The van der Waals surface area contributed by atoms with Crippen LogP contribution < -0.4 is 10.6 Å². The van der Waals surface area contributed by atoms with Gasteiger partial charge >= 0.3 is 0 Å². The molecule has 1 unspecified atom stereocenters. The number of hydrogen-bond donors (Lipinski definition) is 1. The number of nitrogens with zero attached hydrogens (tertiary/aromatic N) is 6. The van der Waals surface area contributed by atoms with E-state index in [4.69, 9.17) is 22.2 Å². The minimum Gasteiger partial charge on any atom is -0.492 e. The Balaban J connectivity index is 1.56. The Morgan fingerprint density at radius 3 is 2.63 bits per heavy atom. The van der Waals surface area contributed by atoms with Gasteiger partial charge in [0.2, 0.25) is 11.1 Å². The summed E-state index contributed by atoms with van der Waals surface area (Å²) in [5.41, 5.74) is 1.75. The van der Waals surface area contributed by atoms with E-state index in [2.05, 4.69) is 15.3 Å². The first-order chi connectivity index (χ1) is 14.3. The van der Waals surface area contributed by atoms with Gasteiger partial charge in [-0.1, -0.05) is 23.4 Å². The van der Waals surface area contributed by atoms with Crippen molar-refractivity contribution in [2.24, 2.45) is 0 Å². The molecule has 0 aliphatic carbocycles. The Hall–Kier alpha value is -2.72. The van der Waals surface area contributed by atoms with Gasteiger partial charge in [0, 0.05) is 17.8 Å². The number of thioether (sulfide) groups is 1. The van der Waals surface area contributed by atoms with Crippen molar-refractivity contribution < 1.29 is 9.53 Å². The number of aryl methyl sites for hydroxylation is 2. The summed E-state index contributed by atoms with van der Waals surface area (Å²) < 4.78 is 8.62. The van der Waals surface area contributed by atoms with Crippen LogP contribution in [0.25, 0.3) is 5.95 Å². The Kier molecular flexibility index (Phi) is 6.88. The van der Waals surface area contributed by atoms with Crippen LogP contribution in [-0.2, 0) is 4.79 Å². The topological polar surface area (TPSA) is 104 Å². The molecule has 2 N–H and O–H groups in total. The van der Waals surface area contributed by atoms with Crippen LogP contribution in [0.15, 0.2) is 35.5 Å². The van der Waals surface area contributed by atoms with Crippen molar-refractivity contribution in [3.05, 3.63) is 46.7 Å². The Morgan fingerprint density at radius 1 is 1.30 bits per heavy atom. The number of ether oxygens (including phenoxy) is 1. The molecule has 0 fully saturated rings. The fourth-order valence-electron chi connectivity index (χ4n) is 2.79. The first kappa shape index (κ1) is 22.0. The van der Waals surface area contributed by atoms with E-state index >= 15 is 0 Å². The van der Waals surface area contributed by atoms with E-state index in [1.807, 2.05) is 19.9 Å². The smallest absolute Gasteiger partial charge is 0.271 e. The van der Waals surface area contributed by atoms with Gasteiger partial charge in [0.25, 0.3) is 5.95 Å². The molecule has 0 bridgehead atoms. The Bertz CT molecular complexity index is 1020. The lowest BCUT2D eigenvalue weighted by Gasteiger charge is -2.21. The number of carbonyl (C=O) groups is 1. The summed E-state index contributed by atoms with van der Waals surface area (Å²) in [5, 5.41) is 13.3. The summed E-state index contributed by atoms with van der Waals surface area (Å²) >= 11 is 7.10. The molecule has 160 valence electrons. The zero-order valence-electron chi connectivity index (χ0n) is 17.2. The van der Waals surface area contributed by atoms with Gasteiger partial charge in [0.1, 0.15) is 12.4 Å². The Morgan fingerprint density at radius 2 is 2.00 bits per heavy atom. The molecule has 11 heteroatoms. The molecule has 0 aliphatic heterocycles. The average molecular weight is 450 g/mol. The standard InChI is InChI=1S/C19H24ClN7O2S/c1-12-11-13(2)27(24-12)18-22-23-19(26(18)21)30-14(3)17(28)25(4)9-10-29-16-7-5-15(20)6-8-16/h5-8,11,14H,9-10,21H2,1-4H3. The first-order valence-corrected chi connectivity index (χ1v) is 10.6. The second kappa shape index (κ2) is 9.40. The minimum atomic E-state index is -0.398. The molecule has 1 aromatic carbocycles. The molecule has 3 aromatic rings. The van der Waals surface area contributed by atoms with Crippen molar-refractivity contribution in [1.29, 1.82) is 0 Å². The summed E-state index contributed by atoms with van der Waals surface area (Å²) in [7, 11) is 1.74. The van der Waals surface area contributed by atoms with Gasteiger partial charge in [0.05, 0.1) is 17.5 Å². The minimum absolute atomic E-state index is 0.0598. The summed E-state index contributed by atoms with van der Waals surface area (Å²) in [6, 6.07) is 9.02. The highest BCUT2D eigenvalue weighted by atomic mass is 35.5. The molecule has 0 saturated heterocycles. The molecule has 3 rings (SSSR count). The SMILES string of the molecule is Cc1cc(C)n(-c2nnc(SC(C)C(=O)N(C)CCOc3ccc(Cl)cc3)n2N)n1. The van der Waals surface area contributed by atoms with E-state index in [9.17, 15) is 4.79 Å². The average Bonchev–Trinajstić information content (AvgIpc) is 3.23. The van der Waals surface area contributed by atoms with Gasteiger partial charge in [-0.15, -0.1) is 10.2 Å². The summed E-state index contributed by atoms with van der Waals surface area (Å²) in [4.78, 5) is 14.3. The van der Waals surface area contributed by atoms with Crippen LogP contribution in [0.5, 0.6) is 5.75 Å². The third kappa shape index (κ3) is 5.06. The predicted octanol–water partition coefficient (Wildman–Crippen LogP) is 2.47. The second-order valence-electron chi connectivity index (χ2n) is 6.81. The van der Waals surface area contributed by atoms with Crippen molar-refractivity contribution in [2.75, 3.05) is 26.0 Å². The zero-order valence-corrected chi connectivity index (χ0v) is 18.8. The molecule has 0 saturated carbocycles. The first-order valence-electron chi connectivity index (χ1n) is 9.30. The number of nitrogen functional groups attached to an aromatic ring is 1. The lowest BCUT2D eigenvalue weighted by molar-refractivity contribution is -0.129. The molecule has 0 spiro atoms. The quantitative estimate of drug-likeness (QED) is 0.416.